The Balaban J connectivity index is 2.87. The van der Waals surface area contributed by atoms with Crippen LogP contribution in [0.1, 0.15) is 22.0 Å². The first-order valence-corrected chi connectivity index (χ1v) is 5.13. The molecule has 0 radical (unpaired) electrons. The van der Waals surface area contributed by atoms with Gasteiger partial charge in [-0.2, -0.15) is 18.4 Å². The number of nitriles is 1. The van der Waals surface area contributed by atoms with Crippen LogP contribution in [0.4, 0.5) is 13.2 Å². The van der Waals surface area contributed by atoms with Crippen molar-refractivity contribution in [3.05, 3.63) is 22.0 Å². The van der Waals surface area contributed by atoms with Crippen molar-refractivity contribution in [2.45, 2.75) is 20.0 Å². The molecule has 0 saturated carbocycles. The summed E-state index contributed by atoms with van der Waals surface area (Å²) in [4.78, 5) is 4.53. The predicted octanol–water partition coefficient (Wildman–Crippen LogP) is 2.90. The highest BCUT2D eigenvalue weighted by Gasteiger charge is 2.38. The molecule has 84 valence electrons. The van der Waals surface area contributed by atoms with Crippen LogP contribution in [0.15, 0.2) is 0 Å². The molecule has 2 heterocycles. The van der Waals surface area contributed by atoms with Gasteiger partial charge in [0, 0.05) is 10.6 Å². The average Bonchev–Trinajstić information content (AvgIpc) is 2.65. The van der Waals surface area contributed by atoms with Crippen molar-refractivity contribution in [3.8, 4) is 6.07 Å². The molecule has 0 aliphatic heterocycles. The zero-order valence-electron chi connectivity index (χ0n) is 8.38. The van der Waals surface area contributed by atoms with Gasteiger partial charge in [-0.15, -0.1) is 11.3 Å². The number of hydrogen-bond acceptors (Lipinski definition) is 3. The smallest absolute Gasteiger partial charge is 0.278 e. The summed E-state index contributed by atoms with van der Waals surface area (Å²) in [5.74, 6) is 0. The molecule has 0 bridgehead atoms. The molecule has 0 fully saturated rings. The lowest BCUT2D eigenvalue weighted by Crippen LogP contribution is -2.08. The maximum absolute atomic E-state index is 12.6. The van der Waals surface area contributed by atoms with Crippen LogP contribution in [-0.4, -0.2) is 9.38 Å². The van der Waals surface area contributed by atoms with Crippen LogP contribution < -0.4 is 0 Å². The van der Waals surface area contributed by atoms with Gasteiger partial charge in [-0.25, -0.2) is 4.98 Å². The Kier molecular flexibility index (Phi) is 2.20. The fourth-order valence-electron chi connectivity index (χ4n) is 1.45. The maximum Gasteiger partial charge on any atom is 0.436 e. The molecular formula is C9H6F3N3S. The van der Waals surface area contributed by atoms with Crippen LogP contribution in [0.2, 0.25) is 0 Å². The number of halogens is 3. The summed E-state index contributed by atoms with van der Waals surface area (Å²) in [5.41, 5.74) is -0.923. The second kappa shape index (κ2) is 3.22. The molecule has 0 unspecified atom stereocenters. The zero-order valence-corrected chi connectivity index (χ0v) is 9.20. The maximum atomic E-state index is 12.6. The van der Waals surface area contributed by atoms with Crippen molar-refractivity contribution < 1.29 is 13.2 Å². The molecule has 0 amide bonds. The van der Waals surface area contributed by atoms with E-state index in [1.807, 2.05) is 0 Å². The number of hydrogen-bond donors (Lipinski definition) is 0. The van der Waals surface area contributed by atoms with Crippen molar-refractivity contribution in [2.75, 3.05) is 0 Å². The summed E-state index contributed by atoms with van der Waals surface area (Å²) < 4.78 is 38.9. The number of alkyl halides is 3. The Morgan fingerprint density at radius 3 is 2.50 bits per heavy atom. The largest absolute Gasteiger partial charge is 0.436 e. The first kappa shape index (κ1) is 11.0. The first-order chi connectivity index (χ1) is 7.36. The van der Waals surface area contributed by atoms with Gasteiger partial charge in [-0.1, -0.05) is 0 Å². The van der Waals surface area contributed by atoms with Crippen LogP contribution >= 0.6 is 11.3 Å². The van der Waals surface area contributed by atoms with Crippen molar-refractivity contribution in [1.29, 1.82) is 5.26 Å². The number of imidazole rings is 1. The van der Waals surface area contributed by atoms with Crippen LogP contribution in [0.5, 0.6) is 0 Å². The van der Waals surface area contributed by atoms with E-state index in [2.05, 4.69) is 4.98 Å². The SMILES string of the molecule is Cc1sc2nc(C(F)(F)F)c(C#N)n2c1C. The fraction of sp³-hybridized carbons (Fsp3) is 0.333. The monoisotopic (exact) mass is 245 g/mol. The second-order valence-corrected chi connectivity index (χ2v) is 4.46. The third-order valence-electron chi connectivity index (χ3n) is 2.31. The molecule has 3 nitrogen and oxygen atoms in total. The van der Waals surface area contributed by atoms with Crippen molar-refractivity contribution in [1.82, 2.24) is 9.38 Å². The van der Waals surface area contributed by atoms with E-state index in [-0.39, 0.29) is 4.96 Å². The van der Waals surface area contributed by atoms with Gasteiger partial charge >= 0.3 is 6.18 Å². The summed E-state index contributed by atoms with van der Waals surface area (Å²) >= 11 is 1.15. The van der Waals surface area contributed by atoms with Crippen LogP contribution in [-0.2, 0) is 6.18 Å². The minimum absolute atomic E-state index is 0.207. The highest BCUT2D eigenvalue weighted by atomic mass is 32.1. The van der Waals surface area contributed by atoms with E-state index in [9.17, 15) is 13.2 Å². The molecule has 16 heavy (non-hydrogen) atoms. The first-order valence-electron chi connectivity index (χ1n) is 4.32. The molecular weight excluding hydrogens is 239 g/mol. The molecule has 0 atom stereocenters. The van der Waals surface area contributed by atoms with Gasteiger partial charge in [0.25, 0.3) is 0 Å². The molecule has 0 aromatic carbocycles. The molecule has 7 heteroatoms. The van der Waals surface area contributed by atoms with E-state index >= 15 is 0 Å². The molecule has 0 spiro atoms. The Morgan fingerprint density at radius 2 is 2.00 bits per heavy atom. The van der Waals surface area contributed by atoms with Gasteiger partial charge in [-0.3, -0.25) is 4.40 Å². The highest BCUT2D eigenvalue weighted by molar-refractivity contribution is 7.17. The lowest BCUT2D eigenvalue weighted by Gasteiger charge is -2.02. The number of nitrogens with zero attached hydrogens (tertiary/aromatic N) is 3. The van der Waals surface area contributed by atoms with E-state index in [0.29, 0.717) is 5.69 Å². The van der Waals surface area contributed by atoms with Gasteiger partial charge < -0.3 is 0 Å². The third-order valence-corrected chi connectivity index (χ3v) is 3.37. The Bertz CT molecular complexity index is 600. The molecule has 0 aliphatic carbocycles. The van der Waals surface area contributed by atoms with Gasteiger partial charge in [0.2, 0.25) is 0 Å². The minimum Gasteiger partial charge on any atom is -0.278 e. The summed E-state index contributed by atoms with van der Waals surface area (Å²) in [6.07, 6.45) is -4.59. The lowest BCUT2D eigenvalue weighted by molar-refractivity contribution is -0.141. The molecule has 0 N–H and O–H groups in total. The van der Waals surface area contributed by atoms with Crippen molar-refractivity contribution >= 4 is 16.3 Å². The highest BCUT2D eigenvalue weighted by Crippen LogP contribution is 2.34. The number of rotatable bonds is 0. The fourth-order valence-corrected chi connectivity index (χ4v) is 2.42. The van der Waals surface area contributed by atoms with Gasteiger partial charge in [0.15, 0.2) is 16.3 Å². The summed E-state index contributed by atoms with van der Waals surface area (Å²) in [6.45, 7) is 3.45. The van der Waals surface area contributed by atoms with E-state index in [0.717, 1.165) is 16.2 Å². The lowest BCUT2D eigenvalue weighted by atomic mass is 10.3. The molecule has 0 saturated heterocycles. The van der Waals surface area contributed by atoms with Gasteiger partial charge in [0.05, 0.1) is 0 Å². The van der Waals surface area contributed by atoms with Crippen LogP contribution in [0.3, 0.4) is 0 Å². The van der Waals surface area contributed by atoms with E-state index < -0.39 is 17.6 Å². The van der Waals surface area contributed by atoms with Crippen molar-refractivity contribution in [2.24, 2.45) is 0 Å². The topological polar surface area (TPSA) is 41.1 Å². The normalized spacial score (nSPS) is 12.0. The Hall–Kier alpha value is -1.55. The number of fused-ring (bicyclic) bond motifs is 1. The molecule has 2 aromatic heterocycles. The predicted molar refractivity (Wildman–Crippen MR) is 52.3 cm³/mol. The Labute approximate surface area is 92.8 Å². The molecule has 2 aromatic rings. The van der Waals surface area contributed by atoms with Crippen molar-refractivity contribution in [3.63, 3.8) is 0 Å². The Morgan fingerprint density at radius 1 is 1.38 bits per heavy atom. The summed E-state index contributed by atoms with van der Waals surface area (Å²) in [7, 11) is 0. The van der Waals surface area contributed by atoms with Crippen LogP contribution in [0, 0.1) is 25.2 Å². The summed E-state index contributed by atoms with van der Waals surface area (Å²) in [5, 5.41) is 8.80. The zero-order chi connectivity index (χ0) is 12.1. The van der Waals surface area contributed by atoms with Gasteiger partial charge in [-0.05, 0) is 13.8 Å². The molecule has 2 rings (SSSR count). The van der Waals surface area contributed by atoms with E-state index in [4.69, 9.17) is 5.26 Å². The van der Waals surface area contributed by atoms with Crippen LogP contribution in [0.25, 0.3) is 4.96 Å². The number of aromatic nitrogens is 2. The quantitative estimate of drug-likeness (QED) is 0.716. The average molecular weight is 245 g/mol. The van der Waals surface area contributed by atoms with Gasteiger partial charge in [0.1, 0.15) is 6.07 Å². The standard InChI is InChI=1S/C9H6F3N3S/c1-4-5(2)16-8-14-7(9(10,11)12)6(3-13)15(4)8/h1-2H3. The summed E-state index contributed by atoms with van der Waals surface area (Å²) in [6, 6.07) is 1.57. The number of aryl methyl sites for hydroxylation is 2. The third kappa shape index (κ3) is 1.38. The van der Waals surface area contributed by atoms with E-state index in [1.54, 1.807) is 19.9 Å². The molecule has 0 aliphatic rings. The minimum atomic E-state index is -4.59. The number of thiazole rings is 1. The second-order valence-electron chi connectivity index (χ2n) is 3.28. The van der Waals surface area contributed by atoms with E-state index in [1.165, 1.54) is 4.40 Å².